The lowest BCUT2D eigenvalue weighted by Crippen LogP contribution is -1.94. The molecule has 0 saturated heterocycles. The van der Waals surface area contributed by atoms with E-state index >= 15 is 0 Å². The van der Waals surface area contributed by atoms with Crippen molar-refractivity contribution in [2.75, 3.05) is 0 Å². The third-order valence-electron chi connectivity index (χ3n) is 7.99. The van der Waals surface area contributed by atoms with Crippen LogP contribution < -0.4 is 0 Å². The summed E-state index contributed by atoms with van der Waals surface area (Å²) < 4.78 is 8.96. The standard InChI is InChI=1S/C36H20N2OS/c1-3-13-25-23(11-1)31(33-35-27(17-19-37-33)21-9-5-7-15-29(21)39-35)24-12-2-4-14-26(24)32(25)34-36-28(18-20-38-34)22-10-6-8-16-30(22)40-36/h1-20H. The van der Waals surface area contributed by atoms with Crippen LogP contribution in [0.5, 0.6) is 0 Å². The lowest BCUT2D eigenvalue weighted by atomic mass is 9.88. The molecule has 5 aromatic carbocycles. The highest BCUT2D eigenvalue weighted by atomic mass is 32.1. The van der Waals surface area contributed by atoms with Gasteiger partial charge in [-0.2, -0.15) is 0 Å². The Bertz CT molecular complexity index is 2220. The molecule has 0 amide bonds. The molecule has 0 saturated carbocycles. The third-order valence-corrected chi connectivity index (χ3v) is 9.19. The molecule has 4 heterocycles. The minimum absolute atomic E-state index is 0.816. The molecule has 0 aliphatic carbocycles. The summed E-state index contributed by atoms with van der Waals surface area (Å²) in [5.41, 5.74) is 5.81. The molecule has 4 aromatic heterocycles. The molecule has 0 radical (unpaired) electrons. The summed E-state index contributed by atoms with van der Waals surface area (Å²) in [6.45, 7) is 0. The first-order chi connectivity index (χ1) is 19.9. The molecule has 40 heavy (non-hydrogen) atoms. The maximum absolute atomic E-state index is 6.47. The summed E-state index contributed by atoms with van der Waals surface area (Å²) in [6, 6.07) is 38.3. The molecule has 0 unspecified atom stereocenters. The number of para-hydroxylation sites is 1. The molecule has 3 nitrogen and oxygen atoms in total. The Hall–Kier alpha value is -5.06. The summed E-state index contributed by atoms with van der Waals surface area (Å²) in [4.78, 5) is 9.98. The molecule has 0 spiro atoms. The van der Waals surface area contributed by atoms with Crippen molar-refractivity contribution < 1.29 is 4.42 Å². The Labute approximate surface area is 233 Å². The number of fused-ring (bicyclic) bond motifs is 8. The van der Waals surface area contributed by atoms with Gasteiger partial charge < -0.3 is 4.42 Å². The molecular weight excluding hydrogens is 508 g/mol. The quantitative estimate of drug-likeness (QED) is 0.210. The van der Waals surface area contributed by atoms with Crippen LogP contribution in [0.25, 0.3) is 86.2 Å². The average molecular weight is 529 g/mol. The van der Waals surface area contributed by atoms with Crippen LogP contribution in [0, 0.1) is 0 Å². The van der Waals surface area contributed by atoms with Gasteiger partial charge in [-0.1, -0.05) is 84.9 Å². The monoisotopic (exact) mass is 528 g/mol. The van der Waals surface area contributed by atoms with E-state index in [9.17, 15) is 0 Å². The average Bonchev–Trinajstić information content (AvgIpc) is 3.59. The Morgan fingerprint density at radius 3 is 1.68 bits per heavy atom. The topological polar surface area (TPSA) is 38.9 Å². The van der Waals surface area contributed by atoms with E-state index in [1.165, 1.54) is 20.2 Å². The van der Waals surface area contributed by atoms with Crippen molar-refractivity contribution >= 4 is 75.0 Å². The number of furan rings is 1. The van der Waals surface area contributed by atoms with Crippen LogP contribution in [0.4, 0.5) is 0 Å². The van der Waals surface area contributed by atoms with E-state index in [4.69, 9.17) is 14.4 Å². The number of nitrogens with zero attached hydrogens (tertiary/aromatic N) is 2. The highest BCUT2D eigenvalue weighted by Crippen LogP contribution is 2.47. The first-order valence-corrected chi connectivity index (χ1v) is 14.2. The van der Waals surface area contributed by atoms with Crippen LogP contribution in [-0.2, 0) is 0 Å². The summed E-state index contributed by atoms with van der Waals surface area (Å²) in [5, 5.41) is 9.29. The lowest BCUT2D eigenvalue weighted by Gasteiger charge is -2.17. The zero-order valence-electron chi connectivity index (χ0n) is 21.3. The van der Waals surface area contributed by atoms with E-state index in [-0.39, 0.29) is 0 Å². The van der Waals surface area contributed by atoms with Crippen molar-refractivity contribution in [3.8, 4) is 22.5 Å². The second kappa shape index (κ2) is 8.22. The first kappa shape index (κ1) is 21.8. The van der Waals surface area contributed by atoms with E-state index in [1.807, 2.05) is 35.9 Å². The SMILES string of the molecule is c1ccc2c(c1)oc1c(-c3c4ccccc4c(-c4nccc5c4sc4ccccc45)c4ccccc34)nccc12. The predicted octanol–water partition coefficient (Wildman–Crippen LogP) is 10.4. The van der Waals surface area contributed by atoms with Crippen LogP contribution in [-0.4, -0.2) is 9.97 Å². The van der Waals surface area contributed by atoms with Crippen LogP contribution in [0.3, 0.4) is 0 Å². The van der Waals surface area contributed by atoms with Gasteiger partial charge in [0.15, 0.2) is 5.58 Å². The van der Waals surface area contributed by atoms with Gasteiger partial charge in [0, 0.05) is 49.8 Å². The number of hydrogen-bond donors (Lipinski definition) is 0. The van der Waals surface area contributed by atoms with Crippen molar-refractivity contribution in [1.82, 2.24) is 9.97 Å². The van der Waals surface area contributed by atoms with E-state index < -0.39 is 0 Å². The van der Waals surface area contributed by atoms with Gasteiger partial charge in [-0.15, -0.1) is 11.3 Å². The normalized spacial score (nSPS) is 12.0. The van der Waals surface area contributed by atoms with E-state index in [1.54, 1.807) is 0 Å². The second-order valence-corrected chi connectivity index (χ2v) is 11.2. The maximum Gasteiger partial charge on any atom is 0.161 e. The maximum atomic E-state index is 6.47. The van der Waals surface area contributed by atoms with Crippen molar-refractivity contribution in [3.05, 3.63) is 122 Å². The Morgan fingerprint density at radius 2 is 0.975 bits per heavy atom. The second-order valence-electron chi connectivity index (χ2n) is 10.1. The highest BCUT2D eigenvalue weighted by molar-refractivity contribution is 7.26. The molecule has 0 bridgehead atoms. The fourth-order valence-electron chi connectivity index (χ4n) is 6.30. The summed E-state index contributed by atoms with van der Waals surface area (Å²) in [5.74, 6) is 0. The van der Waals surface area contributed by atoms with E-state index in [0.717, 1.165) is 66.0 Å². The van der Waals surface area contributed by atoms with Gasteiger partial charge in [0.05, 0.1) is 10.4 Å². The number of rotatable bonds is 2. The lowest BCUT2D eigenvalue weighted by molar-refractivity contribution is 0.668. The van der Waals surface area contributed by atoms with Crippen LogP contribution in [0.2, 0.25) is 0 Å². The van der Waals surface area contributed by atoms with E-state index in [0.29, 0.717) is 0 Å². The van der Waals surface area contributed by atoms with Gasteiger partial charge in [-0.3, -0.25) is 9.97 Å². The van der Waals surface area contributed by atoms with Crippen molar-refractivity contribution in [2.45, 2.75) is 0 Å². The molecule has 9 aromatic rings. The summed E-state index contributed by atoms with van der Waals surface area (Å²) >= 11 is 1.82. The third kappa shape index (κ3) is 2.94. The van der Waals surface area contributed by atoms with Gasteiger partial charge in [-0.05, 0) is 45.8 Å². The van der Waals surface area contributed by atoms with Crippen molar-refractivity contribution in [3.63, 3.8) is 0 Å². The van der Waals surface area contributed by atoms with Gasteiger partial charge in [0.1, 0.15) is 11.3 Å². The Balaban J connectivity index is 1.46. The van der Waals surface area contributed by atoms with Crippen LogP contribution in [0.1, 0.15) is 0 Å². The fraction of sp³-hybridized carbons (Fsp3) is 0. The zero-order chi connectivity index (χ0) is 26.2. The number of thiophene rings is 1. The molecule has 9 rings (SSSR count). The van der Waals surface area contributed by atoms with Crippen LogP contribution >= 0.6 is 11.3 Å². The van der Waals surface area contributed by atoms with Gasteiger partial charge in [-0.25, -0.2) is 0 Å². The molecule has 0 fully saturated rings. The smallest absolute Gasteiger partial charge is 0.161 e. The number of benzene rings is 5. The molecule has 0 atom stereocenters. The van der Waals surface area contributed by atoms with Gasteiger partial charge in [0.25, 0.3) is 0 Å². The Kier molecular flexibility index (Phi) is 4.48. The summed E-state index contributed by atoms with van der Waals surface area (Å²) in [6.07, 6.45) is 3.85. The van der Waals surface area contributed by atoms with Gasteiger partial charge >= 0.3 is 0 Å². The predicted molar refractivity (Wildman–Crippen MR) is 168 cm³/mol. The number of hydrogen-bond acceptors (Lipinski definition) is 4. The molecule has 0 N–H and O–H groups in total. The molecule has 0 aliphatic rings. The van der Waals surface area contributed by atoms with Crippen molar-refractivity contribution in [1.29, 1.82) is 0 Å². The van der Waals surface area contributed by atoms with E-state index in [2.05, 4.69) is 97.1 Å². The number of pyridine rings is 2. The minimum atomic E-state index is 0.816. The van der Waals surface area contributed by atoms with Crippen molar-refractivity contribution in [2.24, 2.45) is 0 Å². The number of aromatic nitrogens is 2. The highest BCUT2D eigenvalue weighted by Gasteiger charge is 2.23. The first-order valence-electron chi connectivity index (χ1n) is 13.3. The van der Waals surface area contributed by atoms with Crippen LogP contribution in [0.15, 0.2) is 126 Å². The molecule has 0 aliphatic heterocycles. The van der Waals surface area contributed by atoms with Gasteiger partial charge in [0.2, 0.25) is 0 Å². The molecule has 4 heteroatoms. The molecule has 186 valence electrons. The minimum Gasteiger partial charge on any atom is -0.454 e. The fourth-order valence-corrected chi connectivity index (χ4v) is 7.49. The summed E-state index contributed by atoms with van der Waals surface area (Å²) in [7, 11) is 0. The molecular formula is C36H20N2OS. The largest absolute Gasteiger partial charge is 0.454 e. The Morgan fingerprint density at radius 1 is 0.450 bits per heavy atom. The zero-order valence-corrected chi connectivity index (χ0v) is 22.1.